The second-order valence-electron chi connectivity index (χ2n) is 5.56. The Balaban J connectivity index is 0.000000267. The molecule has 0 aliphatic carbocycles. The minimum atomic E-state index is 0.757. The number of benzene rings is 2. The molecule has 4 heteroatoms. The molecule has 0 atom stereocenters. The second-order valence-corrected chi connectivity index (χ2v) is 6.00. The van der Waals surface area contributed by atoms with Gasteiger partial charge in [-0.2, -0.15) is 0 Å². The molecule has 0 unspecified atom stereocenters. The first-order valence-electron chi connectivity index (χ1n) is 7.90. The zero-order valence-corrected chi connectivity index (χ0v) is 14.0. The summed E-state index contributed by atoms with van der Waals surface area (Å²) in [4.78, 5) is 3.41. The van der Waals surface area contributed by atoms with Crippen molar-refractivity contribution in [3.8, 4) is 11.3 Å². The highest BCUT2D eigenvalue weighted by molar-refractivity contribution is 6.30. The van der Waals surface area contributed by atoms with Crippen molar-refractivity contribution in [3.05, 3.63) is 53.6 Å². The van der Waals surface area contributed by atoms with Gasteiger partial charge in [0.1, 0.15) is 0 Å². The van der Waals surface area contributed by atoms with Gasteiger partial charge in [0.25, 0.3) is 0 Å². The summed E-state index contributed by atoms with van der Waals surface area (Å²) in [6.07, 6.45) is 2.56. The molecule has 2 aromatic carbocycles. The summed E-state index contributed by atoms with van der Waals surface area (Å²) < 4.78 is 4.94. The molecule has 1 saturated heterocycles. The molecule has 1 fully saturated rings. The Labute approximate surface area is 141 Å². The fourth-order valence-electron chi connectivity index (χ4n) is 2.58. The van der Waals surface area contributed by atoms with Crippen molar-refractivity contribution in [2.45, 2.75) is 12.8 Å². The van der Waals surface area contributed by atoms with Gasteiger partial charge in [-0.15, -0.1) is 0 Å². The lowest BCUT2D eigenvalue weighted by atomic mass is 10.1. The Hall–Kier alpha value is -1.97. The lowest BCUT2D eigenvalue weighted by molar-refractivity contribution is 0.198. The molecule has 3 aromatic rings. The van der Waals surface area contributed by atoms with E-state index in [-0.39, 0.29) is 0 Å². The number of hydrogen-bond acceptors (Lipinski definition) is 2. The first-order valence-corrected chi connectivity index (χ1v) is 8.28. The van der Waals surface area contributed by atoms with Gasteiger partial charge < -0.3 is 15.0 Å². The number of aromatic amines is 1. The molecule has 1 aliphatic heterocycles. The van der Waals surface area contributed by atoms with Crippen LogP contribution in [-0.4, -0.2) is 25.2 Å². The first kappa shape index (κ1) is 15.9. The highest BCUT2D eigenvalue weighted by atomic mass is 35.5. The number of nitrogens with one attached hydrogen (secondary N) is 2. The SMILES string of the molecule is C1CCOC1.CNc1ccc2[nH]c(-c3ccc(Cl)cc3)cc2c1. The van der Waals surface area contributed by atoms with Crippen LogP contribution < -0.4 is 5.32 Å². The second kappa shape index (κ2) is 7.53. The van der Waals surface area contributed by atoms with Crippen LogP contribution in [-0.2, 0) is 4.74 Å². The minimum absolute atomic E-state index is 0.757. The van der Waals surface area contributed by atoms with E-state index in [1.54, 1.807) is 0 Å². The third-order valence-corrected chi connectivity index (χ3v) is 4.14. The van der Waals surface area contributed by atoms with Crippen molar-refractivity contribution in [2.24, 2.45) is 0 Å². The fraction of sp³-hybridized carbons (Fsp3) is 0.263. The maximum absolute atomic E-state index is 5.90. The number of anilines is 1. The van der Waals surface area contributed by atoms with Crippen molar-refractivity contribution >= 4 is 28.2 Å². The van der Waals surface area contributed by atoms with Gasteiger partial charge in [-0.25, -0.2) is 0 Å². The molecular formula is C19H21ClN2O. The van der Waals surface area contributed by atoms with E-state index < -0.39 is 0 Å². The van der Waals surface area contributed by atoms with Gasteiger partial charge >= 0.3 is 0 Å². The number of H-pyrrole nitrogens is 1. The van der Waals surface area contributed by atoms with Crippen LogP contribution in [0.5, 0.6) is 0 Å². The Morgan fingerprint density at radius 2 is 1.74 bits per heavy atom. The minimum Gasteiger partial charge on any atom is -0.388 e. The van der Waals surface area contributed by atoms with Gasteiger partial charge in [-0.05, 0) is 54.8 Å². The lowest BCUT2D eigenvalue weighted by Crippen LogP contribution is -1.85. The molecule has 0 saturated carbocycles. The third-order valence-electron chi connectivity index (χ3n) is 3.89. The zero-order valence-electron chi connectivity index (χ0n) is 13.2. The number of fused-ring (bicyclic) bond motifs is 1. The quantitative estimate of drug-likeness (QED) is 0.667. The molecule has 2 heterocycles. The van der Waals surface area contributed by atoms with Crippen molar-refractivity contribution in [1.82, 2.24) is 4.98 Å². The average Bonchev–Trinajstić information content (AvgIpc) is 3.27. The summed E-state index contributed by atoms with van der Waals surface area (Å²) in [5, 5.41) is 5.10. The summed E-state index contributed by atoms with van der Waals surface area (Å²) in [5.74, 6) is 0. The molecule has 0 spiro atoms. The number of rotatable bonds is 2. The van der Waals surface area contributed by atoms with Crippen molar-refractivity contribution in [1.29, 1.82) is 0 Å². The molecule has 1 aliphatic rings. The molecule has 23 heavy (non-hydrogen) atoms. The highest BCUT2D eigenvalue weighted by Gasteiger charge is 2.03. The van der Waals surface area contributed by atoms with E-state index >= 15 is 0 Å². The van der Waals surface area contributed by atoms with Crippen LogP contribution in [0.1, 0.15) is 12.8 Å². The van der Waals surface area contributed by atoms with Crippen LogP contribution in [0.15, 0.2) is 48.5 Å². The normalized spacial score (nSPS) is 13.7. The van der Waals surface area contributed by atoms with Gasteiger partial charge in [0.15, 0.2) is 0 Å². The number of halogens is 1. The van der Waals surface area contributed by atoms with Crippen LogP contribution in [0.4, 0.5) is 5.69 Å². The monoisotopic (exact) mass is 328 g/mol. The first-order chi connectivity index (χ1) is 11.3. The van der Waals surface area contributed by atoms with Gasteiger partial charge in [0.2, 0.25) is 0 Å². The lowest BCUT2D eigenvalue weighted by Gasteiger charge is -1.97. The van der Waals surface area contributed by atoms with E-state index in [0.29, 0.717) is 0 Å². The molecule has 3 nitrogen and oxygen atoms in total. The average molecular weight is 329 g/mol. The molecule has 0 amide bonds. The van der Waals surface area contributed by atoms with Crippen LogP contribution in [0.2, 0.25) is 5.02 Å². The van der Waals surface area contributed by atoms with E-state index in [1.165, 1.54) is 18.2 Å². The van der Waals surface area contributed by atoms with Crippen molar-refractivity contribution in [2.75, 3.05) is 25.6 Å². The molecule has 4 rings (SSSR count). The summed E-state index contributed by atoms with van der Waals surface area (Å²) in [7, 11) is 1.92. The topological polar surface area (TPSA) is 37.0 Å². The summed E-state index contributed by atoms with van der Waals surface area (Å²) in [6, 6.07) is 16.3. The Morgan fingerprint density at radius 1 is 1.00 bits per heavy atom. The van der Waals surface area contributed by atoms with Crippen LogP contribution in [0, 0.1) is 0 Å². The zero-order chi connectivity index (χ0) is 16.1. The van der Waals surface area contributed by atoms with Crippen LogP contribution >= 0.6 is 11.6 Å². The highest BCUT2D eigenvalue weighted by Crippen LogP contribution is 2.26. The van der Waals surface area contributed by atoms with Crippen molar-refractivity contribution < 1.29 is 4.74 Å². The number of aromatic nitrogens is 1. The van der Waals surface area contributed by atoms with E-state index in [0.717, 1.165) is 40.7 Å². The van der Waals surface area contributed by atoms with Crippen LogP contribution in [0.25, 0.3) is 22.2 Å². The Bertz CT molecular complexity index is 753. The van der Waals surface area contributed by atoms with Crippen LogP contribution in [0.3, 0.4) is 0 Å². The van der Waals surface area contributed by atoms with Crippen molar-refractivity contribution in [3.63, 3.8) is 0 Å². The number of hydrogen-bond donors (Lipinski definition) is 2. The van der Waals surface area contributed by atoms with E-state index in [4.69, 9.17) is 16.3 Å². The van der Waals surface area contributed by atoms with Gasteiger partial charge in [-0.3, -0.25) is 0 Å². The molecule has 2 N–H and O–H groups in total. The molecule has 0 bridgehead atoms. The standard InChI is InChI=1S/C15H13ClN2.C4H8O/c1-17-13-6-7-14-11(8-13)9-15(18-14)10-2-4-12(16)5-3-10;1-2-4-5-3-1/h2-9,17-18H,1H3;1-4H2. The molecular weight excluding hydrogens is 308 g/mol. The maximum Gasteiger partial charge on any atom is 0.0466 e. The van der Waals surface area contributed by atoms with Gasteiger partial charge in [-0.1, -0.05) is 23.7 Å². The summed E-state index contributed by atoms with van der Waals surface area (Å²) in [5.41, 5.74) is 4.50. The predicted molar refractivity (Wildman–Crippen MR) is 98.3 cm³/mol. The summed E-state index contributed by atoms with van der Waals surface area (Å²) in [6.45, 7) is 2.00. The van der Waals surface area contributed by atoms with Gasteiger partial charge in [0.05, 0.1) is 0 Å². The third kappa shape index (κ3) is 4.06. The van der Waals surface area contributed by atoms with E-state index in [2.05, 4.69) is 34.6 Å². The maximum atomic E-state index is 5.90. The summed E-state index contributed by atoms with van der Waals surface area (Å²) >= 11 is 5.90. The number of ether oxygens (including phenoxy) is 1. The molecule has 0 radical (unpaired) electrons. The van der Waals surface area contributed by atoms with E-state index in [1.807, 2.05) is 31.3 Å². The predicted octanol–water partition coefficient (Wildman–Crippen LogP) is 5.33. The molecule has 1 aromatic heterocycles. The Kier molecular flexibility index (Phi) is 5.21. The Morgan fingerprint density at radius 3 is 2.35 bits per heavy atom. The largest absolute Gasteiger partial charge is 0.388 e. The smallest absolute Gasteiger partial charge is 0.0466 e. The van der Waals surface area contributed by atoms with Gasteiger partial charge in [0, 0.05) is 47.6 Å². The van der Waals surface area contributed by atoms with E-state index in [9.17, 15) is 0 Å². The fourth-order valence-corrected chi connectivity index (χ4v) is 2.71. The molecule has 120 valence electrons.